The molecule has 0 spiro atoms. The molecule has 0 saturated heterocycles. The molecule has 28 heavy (non-hydrogen) atoms. The SMILES string of the molecule is CCN(CC)c1ccc(NC(=O)c2nn(-c3ccccc3)c3c2CCC3)cn1. The van der Waals surface area contributed by atoms with Crippen LogP contribution in [-0.2, 0) is 12.8 Å². The van der Waals surface area contributed by atoms with Gasteiger partial charge < -0.3 is 10.2 Å². The van der Waals surface area contributed by atoms with E-state index >= 15 is 0 Å². The number of carbonyl (C=O) groups excluding carboxylic acids is 1. The molecule has 144 valence electrons. The number of amides is 1. The molecule has 0 aliphatic heterocycles. The van der Waals surface area contributed by atoms with Gasteiger partial charge in [0.2, 0.25) is 0 Å². The van der Waals surface area contributed by atoms with Crippen molar-refractivity contribution in [3.8, 4) is 5.69 Å². The highest BCUT2D eigenvalue weighted by Gasteiger charge is 2.27. The fraction of sp³-hybridized carbons (Fsp3) is 0.318. The van der Waals surface area contributed by atoms with E-state index in [4.69, 9.17) is 0 Å². The first kappa shape index (κ1) is 18.2. The minimum atomic E-state index is -0.176. The average Bonchev–Trinajstić information content (AvgIpc) is 3.33. The summed E-state index contributed by atoms with van der Waals surface area (Å²) in [5.41, 5.74) is 4.40. The maximum absolute atomic E-state index is 12.9. The maximum Gasteiger partial charge on any atom is 0.276 e. The van der Waals surface area contributed by atoms with Crippen molar-refractivity contribution in [2.45, 2.75) is 33.1 Å². The lowest BCUT2D eigenvalue weighted by Crippen LogP contribution is -2.23. The molecule has 1 N–H and O–H groups in total. The molecule has 1 aliphatic carbocycles. The molecule has 4 rings (SSSR count). The Balaban J connectivity index is 1.58. The van der Waals surface area contributed by atoms with Gasteiger partial charge in [0.05, 0.1) is 17.6 Å². The van der Waals surface area contributed by atoms with Crippen molar-refractivity contribution in [3.05, 3.63) is 65.6 Å². The Bertz CT molecular complexity index is 959. The highest BCUT2D eigenvalue weighted by molar-refractivity contribution is 6.04. The van der Waals surface area contributed by atoms with Crippen LogP contribution in [0.15, 0.2) is 48.7 Å². The van der Waals surface area contributed by atoms with Gasteiger partial charge in [-0.15, -0.1) is 0 Å². The highest BCUT2D eigenvalue weighted by Crippen LogP contribution is 2.28. The predicted octanol–water partition coefficient (Wildman–Crippen LogP) is 3.85. The van der Waals surface area contributed by atoms with Crippen LogP contribution in [0.2, 0.25) is 0 Å². The normalized spacial score (nSPS) is 12.6. The molecule has 6 nitrogen and oxygen atoms in total. The van der Waals surface area contributed by atoms with E-state index in [1.54, 1.807) is 6.20 Å². The first-order valence-corrected chi connectivity index (χ1v) is 9.89. The molecule has 2 heterocycles. The van der Waals surface area contributed by atoms with Crippen LogP contribution in [0.3, 0.4) is 0 Å². The van der Waals surface area contributed by atoms with E-state index in [0.29, 0.717) is 11.4 Å². The van der Waals surface area contributed by atoms with E-state index in [0.717, 1.165) is 55.1 Å². The molecular weight excluding hydrogens is 350 g/mol. The number of fused-ring (bicyclic) bond motifs is 1. The lowest BCUT2D eigenvalue weighted by molar-refractivity contribution is 0.102. The number of nitrogens with zero attached hydrogens (tertiary/aromatic N) is 4. The first-order valence-electron chi connectivity index (χ1n) is 9.89. The zero-order chi connectivity index (χ0) is 19.5. The average molecular weight is 375 g/mol. The van der Waals surface area contributed by atoms with Gasteiger partial charge in [-0.2, -0.15) is 5.10 Å². The second-order valence-corrected chi connectivity index (χ2v) is 6.91. The van der Waals surface area contributed by atoms with Gasteiger partial charge in [0.1, 0.15) is 5.82 Å². The number of anilines is 2. The van der Waals surface area contributed by atoms with Crippen molar-refractivity contribution >= 4 is 17.4 Å². The largest absolute Gasteiger partial charge is 0.357 e. The summed E-state index contributed by atoms with van der Waals surface area (Å²) in [7, 11) is 0. The summed E-state index contributed by atoms with van der Waals surface area (Å²) in [4.78, 5) is 19.6. The first-order chi connectivity index (χ1) is 13.7. The molecule has 1 amide bonds. The van der Waals surface area contributed by atoms with Gasteiger partial charge in [-0.3, -0.25) is 4.79 Å². The number of aromatic nitrogens is 3. The zero-order valence-corrected chi connectivity index (χ0v) is 16.4. The standard InChI is InChI=1S/C22H25N5O/c1-3-26(4-2)20-14-13-16(15-23-20)24-22(28)21-18-11-8-12-19(18)27(25-21)17-9-6-5-7-10-17/h5-7,9-10,13-15H,3-4,8,11-12H2,1-2H3,(H,24,28). The number of hydrogen-bond acceptors (Lipinski definition) is 4. The molecule has 0 bridgehead atoms. The molecule has 2 aromatic heterocycles. The van der Waals surface area contributed by atoms with E-state index in [9.17, 15) is 4.79 Å². The second-order valence-electron chi connectivity index (χ2n) is 6.91. The zero-order valence-electron chi connectivity index (χ0n) is 16.4. The third-order valence-corrected chi connectivity index (χ3v) is 5.24. The third kappa shape index (κ3) is 3.38. The van der Waals surface area contributed by atoms with Crippen LogP contribution < -0.4 is 10.2 Å². The minimum Gasteiger partial charge on any atom is -0.357 e. The number of pyridine rings is 1. The highest BCUT2D eigenvalue weighted by atomic mass is 16.2. The summed E-state index contributed by atoms with van der Waals surface area (Å²) in [6.45, 7) is 6.01. The van der Waals surface area contributed by atoms with Crippen LogP contribution in [0.25, 0.3) is 5.69 Å². The summed E-state index contributed by atoms with van der Waals surface area (Å²) < 4.78 is 1.92. The van der Waals surface area contributed by atoms with E-state index in [1.165, 1.54) is 0 Å². The Hall–Kier alpha value is -3.15. The number of para-hydroxylation sites is 1. The number of nitrogens with one attached hydrogen (secondary N) is 1. The molecule has 0 atom stereocenters. The number of rotatable bonds is 6. The number of benzene rings is 1. The minimum absolute atomic E-state index is 0.176. The summed E-state index contributed by atoms with van der Waals surface area (Å²) in [5.74, 6) is 0.738. The maximum atomic E-state index is 12.9. The smallest absolute Gasteiger partial charge is 0.276 e. The van der Waals surface area contributed by atoms with E-state index in [2.05, 4.69) is 34.1 Å². The van der Waals surface area contributed by atoms with Crippen molar-refractivity contribution in [1.29, 1.82) is 0 Å². The van der Waals surface area contributed by atoms with Crippen LogP contribution in [-0.4, -0.2) is 33.8 Å². The van der Waals surface area contributed by atoms with Crippen molar-refractivity contribution in [2.24, 2.45) is 0 Å². The topological polar surface area (TPSA) is 63.1 Å². The van der Waals surface area contributed by atoms with Gasteiger partial charge >= 0.3 is 0 Å². The van der Waals surface area contributed by atoms with Crippen molar-refractivity contribution < 1.29 is 4.79 Å². The number of hydrogen-bond donors (Lipinski definition) is 1. The summed E-state index contributed by atoms with van der Waals surface area (Å²) in [6.07, 6.45) is 4.61. The van der Waals surface area contributed by atoms with E-state index in [1.807, 2.05) is 47.1 Å². The van der Waals surface area contributed by atoms with Crippen LogP contribution in [0.4, 0.5) is 11.5 Å². The lowest BCUT2D eigenvalue weighted by Gasteiger charge is -2.19. The quantitative estimate of drug-likeness (QED) is 0.711. The molecule has 1 aromatic carbocycles. The van der Waals surface area contributed by atoms with Crippen molar-refractivity contribution in [2.75, 3.05) is 23.3 Å². The molecule has 0 saturated carbocycles. The Kier molecular flexibility index (Phi) is 5.10. The molecule has 0 radical (unpaired) electrons. The Morgan fingerprint density at radius 1 is 1.11 bits per heavy atom. The summed E-state index contributed by atoms with van der Waals surface area (Å²) in [5, 5.41) is 7.61. The summed E-state index contributed by atoms with van der Waals surface area (Å²) >= 11 is 0. The monoisotopic (exact) mass is 375 g/mol. The predicted molar refractivity (Wildman–Crippen MR) is 111 cm³/mol. The molecular formula is C22H25N5O. The molecule has 0 fully saturated rings. The molecule has 0 unspecified atom stereocenters. The Morgan fingerprint density at radius 2 is 1.89 bits per heavy atom. The van der Waals surface area contributed by atoms with E-state index < -0.39 is 0 Å². The van der Waals surface area contributed by atoms with Crippen LogP contribution >= 0.6 is 0 Å². The van der Waals surface area contributed by atoms with Crippen molar-refractivity contribution in [3.63, 3.8) is 0 Å². The van der Waals surface area contributed by atoms with Crippen LogP contribution in [0.1, 0.15) is 42.0 Å². The van der Waals surface area contributed by atoms with Gasteiger partial charge in [-0.25, -0.2) is 9.67 Å². The fourth-order valence-electron chi connectivity index (χ4n) is 3.79. The fourth-order valence-corrected chi connectivity index (χ4v) is 3.79. The van der Waals surface area contributed by atoms with Crippen LogP contribution in [0.5, 0.6) is 0 Å². The second kappa shape index (κ2) is 7.84. The van der Waals surface area contributed by atoms with Gasteiger partial charge in [0, 0.05) is 24.3 Å². The Labute approximate surface area is 165 Å². The van der Waals surface area contributed by atoms with E-state index in [-0.39, 0.29) is 5.91 Å². The molecule has 1 aliphatic rings. The summed E-state index contributed by atoms with van der Waals surface area (Å²) in [6, 6.07) is 13.8. The molecule has 6 heteroatoms. The van der Waals surface area contributed by atoms with Gasteiger partial charge in [-0.1, -0.05) is 18.2 Å². The molecule has 3 aromatic rings. The van der Waals surface area contributed by atoms with Crippen LogP contribution in [0, 0.1) is 0 Å². The Morgan fingerprint density at radius 3 is 2.57 bits per heavy atom. The van der Waals surface area contributed by atoms with Gasteiger partial charge in [-0.05, 0) is 57.4 Å². The van der Waals surface area contributed by atoms with Gasteiger partial charge in [0.15, 0.2) is 5.69 Å². The number of carbonyl (C=O) groups is 1. The third-order valence-electron chi connectivity index (χ3n) is 5.24. The lowest BCUT2D eigenvalue weighted by atomic mass is 10.2. The van der Waals surface area contributed by atoms with Crippen molar-refractivity contribution in [1.82, 2.24) is 14.8 Å². The van der Waals surface area contributed by atoms with Gasteiger partial charge in [0.25, 0.3) is 5.91 Å².